The number of Topliss-reactive ketones (excluding diaryl/α,β-unsaturated/α-hetero) is 1. The van der Waals surface area contributed by atoms with Gasteiger partial charge in [0.25, 0.3) is 5.91 Å². The number of halogens is 1. The number of carbonyl (C=O) groups excluding carboxylic acids is 2. The van der Waals surface area contributed by atoms with Gasteiger partial charge in [0.2, 0.25) is 5.78 Å². The first-order chi connectivity index (χ1) is 14.3. The predicted octanol–water partition coefficient (Wildman–Crippen LogP) is 5.50. The van der Waals surface area contributed by atoms with E-state index in [1.807, 2.05) is 37.3 Å². The van der Waals surface area contributed by atoms with E-state index in [9.17, 15) is 14.7 Å². The lowest BCUT2D eigenvalue weighted by atomic mass is 9.94. The van der Waals surface area contributed by atoms with Gasteiger partial charge in [-0.2, -0.15) is 0 Å². The number of aryl methyl sites for hydroxylation is 2. The van der Waals surface area contributed by atoms with Crippen molar-refractivity contribution in [2.24, 2.45) is 0 Å². The summed E-state index contributed by atoms with van der Waals surface area (Å²) in [5, 5.41) is 12.1. The lowest BCUT2D eigenvalue weighted by molar-refractivity contribution is -0.117. The third-order valence-corrected chi connectivity index (χ3v) is 6.66. The minimum atomic E-state index is -0.773. The molecule has 4 rings (SSSR count). The summed E-state index contributed by atoms with van der Waals surface area (Å²) in [6, 6.07) is 13.7. The second kappa shape index (κ2) is 7.70. The van der Waals surface area contributed by atoms with Crippen LogP contribution in [0.4, 0.5) is 5.69 Å². The maximum Gasteiger partial charge on any atom is 0.294 e. The zero-order chi connectivity index (χ0) is 21.6. The molecule has 1 atom stereocenters. The molecule has 1 aliphatic rings. The molecule has 1 unspecified atom stereocenters. The van der Waals surface area contributed by atoms with Crippen LogP contribution in [-0.2, 0) is 4.79 Å². The smallest absolute Gasteiger partial charge is 0.294 e. The lowest BCUT2D eigenvalue weighted by Gasteiger charge is -2.28. The van der Waals surface area contributed by atoms with Crippen molar-refractivity contribution in [2.75, 3.05) is 4.90 Å². The fraction of sp³-hybridized carbons (Fsp3) is 0.174. The van der Waals surface area contributed by atoms with Crippen molar-refractivity contribution in [1.29, 1.82) is 0 Å². The summed E-state index contributed by atoms with van der Waals surface area (Å²) in [5.41, 5.74) is 2.60. The van der Waals surface area contributed by atoms with Crippen LogP contribution in [0, 0.1) is 20.8 Å². The van der Waals surface area contributed by atoms with Gasteiger partial charge in [-0.1, -0.05) is 48.0 Å². The normalized spacial score (nSPS) is 16.5. The van der Waals surface area contributed by atoms with Crippen molar-refractivity contribution in [1.82, 2.24) is 4.98 Å². The van der Waals surface area contributed by atoms with E-state index in [2.05, 4.69) is 4.98 Å². The first kappa shape index (κ1) is 20.3. The predicted molar refractivity (Wildman–Crippen MR) is 118 cm³/mol. The van der Waals surface area contributed by atoms with Crippen LogP contribution in [0.15, 0.2) is 59.9 Å². The van der Waals surface area contributed by atoms with Crippen LogP contribution < -0.4 is 4.90 Å². The van der Waals surface area contributed by atoms with Gasteiger partial charge in [-0.25, -0.2) is 4.98 Å². The van der Waals surface area contributed by atoms with Crippen LogP contribution in [0.5, 0.6) is 0 Å². The molecule has 0 bridgehead atoms. The Labute approximate surface area is 183 Å². The number of amides is 1. The molecule has 152 valence electrons. The molecule has 2 heterocycles. The largest absolute Gasteiger partial charge is 0.503 e. The standard InChI is InChI=1S/C23H19ClN2O3S/c1-12-16(24)10-7-11-17(12)26-19(15-8-5-4-6-9-15)18(21(28)23(26)29)20(27)22-13(2)25-14(3)30-22/h4-11,19,28H,1-3H3. The number of thiazole rings is 1. The summed E-state index contributed by atoms with van der Waals surface area (Å²) in [6.07, 6.45) is 0. The molecule has 0 aliphatic carbocycles. The van der Waals surface area contributed by atoms with E-state index in [1.165, 1.54) is 16.2 Å². The molecule has 5 nitrogen and oxygen atoms in total. The van der Waals surface area contributed by atoms with Crippen LogP contribution in [0.3, 0.4) is 0 Å². The van der Waals surface area contributed by atoms with Gasteiger partial charge in [0.15, 0.2) is 5.76 Å². The van der Waals surface area contributed by atoms with Gasteiger partial charge < -0.3 is 5.11 Å². The quantitative estimate of drug-likeness (QED) is 0.545. The Balaban J connectivity index is 1.92. The van der Waals surface area contributed by atoms with E-state index < -0.39 is 17.7 Å². The number of aliphatic hydroxyl groups excluding tert-OH is 1. The Morgan fingerprint density at radius 1 is 1.10 bits per heavy atom. The van der Waals surface area contributed by atoms with Gasteiger partial charge in [0.05, 0.1) is 27.2 Å². The Hall–Kier alpha value is -2.96. The van der Waals surface area contributed by atoms with E-state index in [-0.39, 0.29) is 11.4 Å². The van der Waals surface area contributed by atoms with Crippen LogP contribution >= 0.6 is 22.9 Å². The third-order valence-electron chi connectivity index (χ3n) is 5.18. The number of ketones is 1. The highest BCUT2D eigenvalue weighted by Gasteiger charge is 2.45. The van der Waals surface area contributed by atoms with Gasteiger partial charge in [-0.15, -0.1) is 11.3 Å². The SMILES string of the molecule is Cc1nc(C)c(C(=O)C2=C(O)C(=O)N(c3cccc(Cl)c3C)C2c2ccccc2)s1. The monoisotopic (exact) mass is 438 g/mol. The Bertz CT molecular complexity index is 1200. The second-order valence-corrected chi connectivity index (χ2v) is 8.72. The maximum absolute atomic E-state index is 13.5. The number of carbonyl (C=O) groups is 2. The molecule has 0 radical (unpaired) electrons. The summed E-state index contributed by atoms with van der Waals surface area (Å²) in [4.78, 5) is 32.9. The molecular weight excluding hydrogens is 420 g/mol. The molecule has 1 aliphatic heterocycles. The molecule has 0 saturated carbocycles. The zero-order valence-corrected chi connectivity index (χ0v) is 18.2. The van der Waals surface area contributed by atoms with Crippen LogP contribution in [0.2, 0.25) is 5.02 Å². The van der Waals surface area contributed by atoms with Gasteiger partial charge in [-0.05, 0) is 44.0 Å². The fourth-order valence-corrected chi connectivity index (χ4v) is 4.80. The summed E-state index contributed by atoms with van der Waals surface area (Å²) >= 11 is 7.56. The van der Waals surface area contributed by atoms with E-state index in [0.29, 0.717) is 26.8 Å². The number of hydrogen-bond acceptors (Lipinski definition) is 5. The topological polar surface area (TPSA) is 70.5 Å². The minimum Gasteiger partial charge on any atom is -0.503 e. The average Bonchev–Trinajstić information content (AvgIpc) is 3.20. The Kier molecular flexibility index (Phi) is 5.22. The zero-order valence-electron chi connectivity index (χ0n) is 16.6. The van der Waals surface area contributed by atoms with Crippen LogP contribution in [-0.4, -0.2) is 21.8 Å². The second-order valence-electron chi connectivity index (χ2n) is 7.11. The van der Waals surface area contributed by atoms with E-state index in [1.54, 1.807) is 32.0 Å². The van der Waals surface area contributed by atoms with Crippen LogP contribution in [0.25, 0.3) is 0 Å². The third kappa shape index (κ3) is 3.22. The number of anilines is 1. The first-order valence-electron chi connectivity index (χ1n) is 9.36. The van der Waals surface area contributed by atoms with Crippen molar-refractivity contribution < 1.29 is 14.7 Å². The molecule has 1 N–H and O–H groups in total. The molecule has 7 heteroatoms. The highest BCUT2D eigenvalue weighted by atomic mass is 35.5. The van der Waals surface area contributed by atoms with Crippen molar-refractivity contribution >= 4 is 40.3 Å². The van der Waals surface area contributed by atoms with Crippen molar-refractivity contribution in [3.8, 4) is 0 Å². The Morgan fingerprint density at radius 3 is 2.43 bits per heavy atom. The van der Waals surface area contributed by atoms with Gasteiger partial charge in [0.1, 0.15) is 0 Å². The summed E-state index contributed by atoms with van der Waals surface area (Å²) in [7, 11) is 0. The van der Waals surface area contributed by atoms with E-state index >= 15 is 0 Å². The lowest BCUT2D eigenvalue weighted by Crippen LogP contribution is -2.31. The highest BCUT2D eigenvalue weighted by Crippen LogP contribution is 2.44. The van der Waals surface area contributed by atoms with Crippen molar-refractivity contribution in [2.45, 2.75) is 26.8 Å². The van der Waals surface area contributed by atoms with Gasteiger partial charge in [0, 0.05) is 10.7 Å². The fourth-order valence-electron chi connectivity index (χ4n) is 3.76. The number of aromatic nitrogens is 1. The van der Waals surface area contributed by atoms with Gasteiger partial charge >= 0.3 is 0 Å². The number of nitrogens with zero attached hydrogens (tertiary/aromatic N) is 2. The molecular formula is C23H19ClN2O3S. The molecule has 0 spiro atoms. The number of rotatable bonds is 4. The number of hydrogen-bond donors (Lipinski definition) is 1. The molecule has 1 aromatic heterocycles. The van der Waals surface area contributed by atoms with E-state index in [4.69, 9.17) is 11.6 Å². The molecule has 0 saturated heterocycles. The van der Waals surface area contributed by atoms with Crippen LogP contribution in [0.1, 0.15) is 37.5 Å². The first-order valence-corrected chi connectivity index (χ1v) is 10.6. The summed E-state index contributed by atoms with van der Waals surface area (Å²) in [6.45, 7) is 5.38. The van der Waals surface area contributed by atoms with Crippen molar-refractivity contribution in [3.05, 3.63) is 91.6 Å². The highest BCUT2D eigenvalue weighted by molar-refractivity contribution is 7.14. The molecule has 0 fully saturated rings. The molecule has 3 aromatic rings. The van der Waals surface area contributed by atoms with Crippen molar-refractivity contribution in [3.63, 3.8) is 0 Å². The number of benzene rings is 2. The Morgan fingerprint density at radius 2 is 1.80 bits per heavy atom. The maximum atomic E-state index is 13.5. The average molecular weight is 439 g/mol. The number of aliphatic hydroxyl groups is 1. The summed E-state index contributed by atoms with van der Waals surface area (Å²) < 4.78 is 0. The molecule has 1 amide bonds. The molecule has 2 aromatic carbocycles. The van der Waals surface area contributed by atoms with Gasteiger partial charge in [-0.3, -0.25) is 14.5 Å². The minimum absolute atomic E-state index is 0.0531. The molecule has 30 heavy (non-hydrogen) atoms. The summed E-state index contributed by atoms with van der Waals surface area (Å²) in [5.74, 6) is -1.56. The van der Waals surface area contributed by atoms with E-state index in [0.717, 1.165) is 10.6 Å².